The highest BCUT2D eigenvalue weighted by Crippen LogP contribution is 2.62. The van der Waals surface area contributed by atoms with Crippen LogP contribution in [0.1, 0.15) is 24.0 Å². The number of aryl methyl sites for hydroxylation is 1. The molecule has 1 heterocycles. The number of ether oxygens (including phenoxy) is 2. The fourth-order valence-electron chi connectivity index (χ4n) is 4.35. The van der Waals surface area contributed by atoms with Crippen LogP contribution < -0.4 is 0 Å². The number of morpholine rings is 1. The molecule has 4 rings (SSSR count). The molecular weight excluding hydrogens is 278 g/mol. The third kappa shape index (κ3) is 2.17. The molecule has 3 atom stereocenters. The molecule has 3 unspecified atom stereocenters. The van der Waals surface area contributed by atoms with E-state index in [1.807, 2.05) is 4.90 Å². The maximum absolute atomic E-state index is 12.9. The van der Waals surface area contributed by atoms with Gasteiger partial charge in [0, 0.05) is 31.5 Å². The fraction of sp³-hybridized carbons (Fsp3) is 0.611. The lowest BCUT2D eigenvalue weighted by molar-refractivity contribution is -0.142. The van der Waals surface area contributed by atoms with E-state index in [-0.39, 0.29) is 17.4 Å². The van der Waals surface area contributed by atoms with Gasteiger partial charge in [-0.1, -0.05) is 24.3 Å². The van der Waals surface area contributed by atoms with Crippen molar-refractivity contribution in [3.8, 4) is 0 Å². The van der Waals surface area contributed by atoms with E-state index in [1.165, 1.54) is 11.1 Å². The minimum absolute atomic E-state index is 0.0215. The van der Waals surface area contributed by atoms with Crippen molar-refractivity contribution in [1.29, 1.82) is 0 Å². The lowest BCUT2D eigenvalue weighted by Crippen LogP contribution is -2.48. The number of hydrogen-bond acceptors (Lipinski definition) is 3. The molecule has 1 saturated heterocycles. The Labute approximate surface area is 131 Å². The van der Waals surface area contributed by atoms with E-state index in [9.17, 15) is 4.79 Å². The average Bonchev–Trinajstić information content (AvgIpc) is 3.17. The minimum Gasteiger partial charge on any atom is -0.382 e. The summed E-state index contributed by atoms with van der Waals surface area (Å²) in [6, 6.07) is 8.65. The molecule has 0 N–H and O–H groups in total. The summed E-state index contributed by atoms with van der Waals surface area (Å²) in [6.45, 7) is 2.56. The Bertz CT molecular complexity index is 585. The van der Waals surface area contributed by atoms with Gasteiger partial charge in [-0.15, -0.1) is 0 Å². The van der Waals surface area contributed by atoms with Crippen LogP contribution in [0.25, 0.3) is 0 Å². The number of fused-ring (bicyclic) bond motifs is 2. The van der Waals surface area contributed by atoms with Crippen molar-refractivity contribution in [3.63, 3.8) is 0 Å². The summed E-state index contributed by atoms with van der Waals surface area (Å²) in [6.07, 6.45) is 3.30. The van der Waals surface area contributed by atoms with Crippen LogP contribution in [0, 0.1) is 5.92 Å². The van der Waals surface area contributed by atoms with Crippen molar-refractivity contribution in [1.82, 2.24) is 4.90 Å². The summed E-state index contributed by atoms with van der Waals surface area (Å²) in [7, 11) is 1.68. The summed E-state index contributed by atoms with van der Waals surface area (Å²) in [5, 5.41) is 0. The second kappa shape index (κ2) is 5.36. The zero-order valence-electron chi connectivity index (χ0n) is 13.1. The molecule has 0 bridgehead atoms. The van der Waals surface area contributed by atoms with Gasteiger partial charge in [-0.3, -0.25) is 4.79 Å². The highest BCUT2D eigenvalue weighted by molar-refractivity contribution is 5.85. The smallest absolute Gasteiger partial charge is 0.226 e. The van der Waals surface area contributed by atoms with Crippen molar-refractivity contribution in [2.24, 2.45) is 5.92 Å². The Morgan fingerprint density at radius 3 is 3.18 bits per heavy atom. The van der Waals surface area contributed by atoms with Crippen LogP contribution in [0.4, 0.5) is 0 Å². The quantitative estimate of drug-likeness (QED) is 0.854. The van der Waals surface area contributed by atoms with Gasteiger partial charge in [0.25, 0.3) is 0 Å². The fourth-order valence-corrected chi connectivity index (χ4v) is 4.35. The molecule has 1 aromatic rings. The van der Waals surface area contributed by atoms with Crippen LogP contribution in [-0.2, 0) is 26.1 Å². The van der Waals surface area contributed by atoms with Gasteiger partial charge >= 0.3 is 0 Å². The van der Waals surface area contributed by atoms with E-state index in [0.717, 1.165) is 19.3 Å². The average molecular weight is 301 g/mol. The number of amides is 1. The molecule has 4 nitrogen and oxygen atoms in total. The first-order valence-corrected chi connectivity index (χ1v) is 8.22. The van der Waals surface area contributed by atoms with Gasteiger partial charge in [-0.25, -0.2) is 0 Å². The van der Waals surface area contributed by atoms with Gasteiger partial charge < -0.3 is 14.4 Å². The highest BCUT2D eigenvalue weighted by atomic mass is 16.5. The number of carbonyl (C=O) groups is 1. The molecule has 2 aliphatic carbocycles. The Kier molecular flexibility index (Phi) is 3.46. The molecule has 1 amide bonds. The molecule has 1 saturated carbocycles. The van der Waals surface area contributed by atoms with E-state index in [1.54, 1.807) is 7.11 Å². The van der Waals surface area contributed by atoms with Gasteiger partial charge in [-0.2, -0.15) is 0 Å². The Morgan fingerprint density at radius 1 is 1.45 bits per heavy atom. The molecule has 0 radical (unpaired) electrons. The maximum Gasteiger partial charge on any atom is 0.226 e. The van der Waals surface area contributed by atoms with E-state index in [2.05, 4.69) is 24.3 Å². The van der Waals surface area contributed by atoms with Gasteiger partial charge in [-0.05, 0) is 30.4 Å². The predicted octanol–water partition coefficient (Wildman–Crippen LogP) is 1.76. The monoisotopic (exact) mass is 301 g/mol. The molecule has 2 fully saturated rings. The highest BCUT2D eigenvalue weighted by Gasteiger charge is 2.62. The van der Waals surface area contributed by atoms with Gasteiger partial charge in [0.1, 0.15) is 0 Å². The Morgan fingerprint density at radius 2 is 2.32 bits per heavy atom. The molecule has 1 spiro atoms. The number of carbonyl (C=O) groups excluding carboxylic acids is 1. The summed E-state index contributed by atoms with van der Waals surface area (Å²) in [4.78, 5) is 14.9. The first kappa shape index (κ1) is 14.2. The Hall–Kier alpha value is -1.39. The SMILES string of the molecule is COCC1CN(C(=O)C2CC23CCc2ccccc23)CCO1. The number of nitrogens with zero attached hydrogens (tertiary/aromatic N) is 1. The van der Waals surface area contributed by atoms with Crippen molar-refractivity contribution in [2.45, 2.75) is 30.8 Å². The lowest BCUT2D eigenvalue weighted by Gasteiger charge is -2.33. The number of methoxy groups -OCH3 is 1. The number of rotatable bonds is 3. The maximum atomic E-state index is 12.9. The molecule has 4 heteroatoms. The van der Waals surface area contributed by atoms with Crippen molar-refractivity contribution >= 4 is 5.91 Å². The zero-order chi connectivity index (χ0) is 15.2. The number of hydrogen-bond donors (Lipinski definition) is 0. The zero-order valence-corrected chi connectivity index (χ0v) is 13.1. The van der Waals surface area contributed by atoms with E-state index >= 15 is 0 Å². The molecule has 3 aliphatic rings. The molecule has 1 aliphatic heterocycles. The standard InChI is InChI=1S/C18H23NO3/c1-21-12-14-11-19(8-9-22-14)17(20)16-10-18(16)7-6-13-4-2-3-5-15(13)18/h2-5,14,16H,6-12H2,1H3. The van der Waals surface area contributed by atoms with Crippen LogP contribution in [0.15, 0.2) is 24.3 Å². The van der Waals surface area contributed by atoms with Crippen LogP contribution in [0.3, 0.4) is 0 Å². The van der Waals surface area contributed by atoms with Crippen LogP contribution >= 0.6 is 0 Å². The summed E-state index contributed by atoms with van der Waals surface area (Å²) >= 11 is 0. The second-order valence-electron chi connectivity index (χ2n) is 6.80. The minimum atomic E-state index is 0.0215. The summed E-state index contributed by atoms with van der Waals surface area (Å²) < 4.78 is 10.8. The number of benzene rings is 1. The molecule has 0 aromatic heterocycles. The van der Waals surface area contributed by atoms with Gasteiger partial charge in [0.2, 0.25) is 5.91 Å². The lowest BCUT2D eigenvalue weighted by atomic mass is 9.95. The summed E-state index contributed by atoms with van der Waals surface area (Å²) in [5.74, 6) is 0.499. The molecule has 1 aromatic carbocycles. The topological polar surface area (TPSA) is 38.8 Å². The first-order chi connectivity index (χ1) is 10.7. The predicted molar refractivity (Wildman–Crippen MR) is 82.7 cm³/mol. The third-order valence-corrected chi connectivity index (χ3v) is 5.57. The van der Waals surface area contributed by atoms with Crippen LogP contribution in [0.2, 0.25) is 0 Å². The van der Waals surface area contributed by atoms with E-state index in [4.69, 9.17) is 9.47 Å². The molecule has 22 heavy (non-hydrogen) atoms. The first-order valence-electron chi connectivity index (χ1n) is 8.22. The largest absolute Gasteiger partial charge is 0.382 e. The van der Waals surface area contributed by atoms with Crippen LogP contribution in [0.5, 0.6) is 0 Å². The second-order valence-corrected chi connectivity index (χ2v) is 6.80. The van der Waals surface area contributed by atoms with Crippen LogP contribution in [-0.4, -0.2) is 50.3 Å². The van der Waals surface area contributed by atoms with Crippen molar-refractivity contribution < 1.29 is 14.3 Å². The molecular formula is C18H23NO3. The Balaban J connectivity index is 1.47. The van der Waals surface area contributed by atoms with E-state index < -0.39 is 0 Å². The van der Waals surface area contributed by atoms with Gasteiger partial charge in [0.15, 0.2) is 0 Å². The normalized spacial score (nSPS) is 33.0. The molecule has 118 valence electrons. The summed E-state index contributed by atoms with van der Waals surface area (Å²) in [5.41, 5.74) is 3.01. The van der Waals surface area contributed by atoms with Gasteiger partial charge in [0.05, 0.1) is 19.3 Å². The van der Waals surface area contributed by atoms with E-state index in [0.29, 0.717) is 32.2 Å². The third-order valence-electron chi connectivity index (χ3n) is 5.57. The van der Waals surface area contributed by atoms with Crippen molar-refractivity contribution in [2.75, 3.05) is 33.4 Å². The van der Waals surface area contributed by atoms with Crippen molar-refractivity contribution in [3.05, 3.63) is 35.4 Å².